The maximum Gasteiger partial charge on any atom is 0.228 e. The van der Waals surface area contributed by atoms with Crippen LogP contribution in [0.25, 0.3) is 0 Å². The summed E-state index contributed by atoms with van der Waals surface area (Å²) in [6.07, 6.45) is 0. The van der Waals surface area contributed by atoms with Crippen LogP contribution in [0.5, 0.6) is 0 Å². The average Bonchev–Trinajstić information content (AvgIpc) is 2.17. The van der Waals surface area contributed by atoms with Crippen molar-refractivity contribution in [1.82, 2.24) is 4.31 Å². The van der Waals surface area contributed by atoms with Gasteiger partial charge in [0.2, 0.25) is 10.0 Å². The molecular formula is C9H13NO4S2. The smallest absolute Gasteiger partial charge is 0.223 e. The Hall–Kier alpha value is -0.920. The Bertz CT molecular complexity index is 546. The molecule has 0 saturated heterocycles. The number of nitrogens with zero attached hydrogens (tertiary/aromatic N) is 1. The molecule has 90 valence electrons. The molecule has 0 aliphatic heterocycles. The van der Waals surface area contributed by atoms with Gasteiger partial charge in [-0.3, -0.25) is 0 Å². The standard InChI is InChI=1S/C9H13NO4S2/c1-10(2)16(13,14)8-15(11,12)9-6-4-3-5-7-9/h3-7H,8H2,1-2H3. The summed E-state index contributed by atoms with van der Waals surface area (Å²) in [4.78, 5) is 0.0143. The quantitative estimate of drug-likeness (QED) is 0.783. The van der Waals surface area contributed by atoms with Crippen molar-refractivity contribution >= 4 is 19.9 Å². The second-order valence-electron chi connectivity index (χ2n) is 3.44. The Kier molecular flexibility index (Phi) is 3.72. The first kappa shape index (κ1) is 13.1. The molecule has 0 amide bonds. The van der Waals surface area contributed by atoms with Crippen LogP contribution < -0.4 is 0 Å². The second-order valence-corrected chi connectivity index (χ2v) is 7.98. The highest BCUT2D eigenvalue weighted by atomic mass is 32.3. The van der Waals surface area contributed by atoms with Crippen molar-refractivity contribution in [3.8, 4) is 0 Å². The van der Waals surface area contributed by atoms with Crippen LogP contribution in [-0.4, -0.2) is 40.3 Å². The summed E-state index contributed by atoms with van der Waals surface area (Å²) < 4.78 is 47.3. The molecule has 0 unspecified atom stereocenters. The summed E-state index contributed by atoms with van der Waals surface area (Å²) in [6.45, 7) is 0. The number of hydrogen-bond acceptors (Lipinski definition) is 4. The van der Waals surface area contributed by atoms with E-state index in [1.54, 1.807) is 18.2 Å². The van der Waals surface area contributed by atoms with Gasteiger partial charge < -0.3 is 0 Å². The number of rotatable bonds is 4. The van der Waals surface area contributed by atoms with E-state index in [1.807, 2.05) is 0 Å². The topological polar surface area (TPSA) is 71.5 Å². The molecule has 7 heteroatoms. The van der Waals surface area contributed by atoms with Crippen molar-refractivity contribution < 1.29 is 16.8 Å². The number of sulfone groups is 1. The summed E-state index contributed by atoms with van der Waals surface area (Å²) in [5.74, 6) is 0. The number of sulfonamides is 1. The maximum atomic E-state index is 11.7. The molecule has 0 aliphatic rings. The van der Waals surface area contributed by atoms with E-state index in [-0.39, 0.29) is 4.90 Å². The van der Waals surface area contributed by atoms with E-state index >= 15 is 0 Å². The lowest BCUT2D eigenvalue weighted by molar-refractivity contribution is 0.523. The molecule has 0 N–H and O–H groups in total. The van der Waals surface area contributed by atoms with Crippen molar-refractivity contribution in [3.63, 3.8) is 0 Å². The molecular weight excluding hydrogens is 250 g/mol. The minimum Gasteiger partial charge on any atom is -0.223 e. The van der Waals surface area contributed by atoms with E-state index in [1.165, 1.54) is 26.2 Å². The van der Waals surface area contributed by atoms with Crippen LogP contribution in [-0.2, 0) is 19.9 Å². The third kappa shape index (κ3) is 3.03. The normalized spacial score (nSPS) is 12.9. The van der Waals surface area contributed by atoms with Crippen molar-refractivity contribution in [3.05, 3.63) is 30.3 Å². The third-order valence-electron chi connectivity index (χ3n) is 1.96. The van der Waals surface area contributed by atoms with Crippen LogP contribution in [0.3, 0.4) is 0 Å². The van der Waals surface area contributed by atoms with E-state index in [0.717, 1.165) is 4.31 Å². The molecule has 16 heavy (non-hydrogen) atoms. The molecule has 0 spiro atoms. The van der Waals surface area contributed by atoms with Gasteiger partial charge in [-0.2, -0.15) is 0 Å². The molecule has 1 aromatic carbocycles. The first-order valence-corrected chi connectivity index (χ1v) is 7.70. The molecule has 0 aromatic heterocycles. The molecule has 0 fully saturated rings. The Morgan fingerprint density at radius 1 is 1.00 bits per heavy atom. The molecule has 1 rings (SSSR count). The monoisotopic (exact) mass is 263 g/mol. The highest BCUT2D eigenvalue weighted by Crippen LogP contribution is 2.13. The van der Waals surface area contributed by atoms with Gasteiger partial charge >= 0.3 is 0 Å². The summed E-state index contributed by atoms with van der Waals surface area (Å²) in [6, 6.07) is 7.52. The Morgan fingerprint density at radius 3 is 1.94 bits per heavy atom. The first-order valence-electron chi connectivity index (χ1n) is 4.44. The molecule has 0 saturated carbocycles. The van der Waals surface area contributed by atoms with E-state index in [0.29, 0.717) is 0 Å². The second kappa shape index (κ2) is 4.52. The Labute approximate surface area is 95.7 Å². The van der Waals surface area contributed by atoms with Crippen LogP contribution in [0.4, 0.5) is 0 Å². The molecule has 0 bridgehead atoms. The highest BCUT2D eigenvalue weighted by molar-refractivity contribution is 8.07. The van der Waals surface area contributed by atoms with Crippen LogP contribution in [0.15, 0.2) is 35.2 Å². The molecule has 5 nitrogen and oxygen atoms in total. The van der Waals surface area contributed by atoms with Gasteiger partial charge in [0.25, 0.3) is 0 Å². The highest BCUT2D eigenvalue weighted by Gasteiger charge is 2.25. The van der Waals surface area contributed by atoms with Gasteiger partial charge in [0.15, 0.2) is 14.9 Å². The predicted molar refractivity (Wildman–Crippen MR) is 61.1 cm³/mol. The van der Waals surface area contributed by atoms with Gasteiger partial charge in [0.1, 0.15) is 0 Å². The molecule has 0 atom stereocenters. The van der Waals surface area contributed by atoms with E-state index in [2.05, 4.69) is 0 Å². The summed E-state index contributed by atoms with van der Waals surface area (Å²) >= 11 is 0. The summed E-state index contributed by atoms with van der Waals surface area (Å²) in [7, 11) is -4.95. The van der Waals surface area contributed by atoms with E-state index in [9.17, 15) is 16.8 Å². The zero-order valence-electron chi connectivity index (χ0n) is 8.99. The zero-order chi connectivity index (χ0) is 12.4. The first-order chi connectivity index (χ1) is 7.26. The number of benzene rings is 1. The minimum absolute atomic E-state index is 0.0143. The van der Waals surface area contributed by atoms with E-state index in [4.69, 9.17) is 0 Å². The van der Waals surface area contributed by atoms with Crippen molar-refractivity contribution in [1.29, 1.82) is 0 Å². The zero-order valence-corrected chi connectivity index (χ0v) is 10.6. The fourth-order valence-electron chi connectivity index (χ4n) is 0.997. The fraction of sp³-hybridized carbons (Fsp3) is 0.333. The van der Waals surface area contributed by atoms with Crippen LogP contribution in [0.2, 0.25) is 0 Å². The average molecular weight is 263 g/mol. The van der Waals surface area contributed by atoms with Gasteiger partial charge in [-0.1, -0.05) is 18.2 Å². The largest absolute Gasteiger partial charge is 0.228 e. The molecule has 0 radical (unpaired) electrons. The summed E-state index contributed by atoms with van der Waals surface area (Å²) in [5, 5.41) is -0.906. The molecule has 1 aromatic rings. The van der Waals surface area contributed by atoms with Crippen LogP contribution in [0.1, 0.15) is 0 Å². The van der Waals surface area contributed by atoms with Gasteiger partial charge in [-0.05, 0) is 12.1 Å². The Morgan fingerprint density at radius 2 is 1.50 bits per heavy atom. The molecule has 0 aliphatic carbocycles. The molecule has 0 heterocycles. The van der Waals surface area contributed by atoms with E-state index < -0.39 is 24.9 Å². The Balaban J connectivity index is 3.08. The predicted octanol–water partition coefficient (Wildman–Crippen LogP) is 0.309. The van der Waals surface area contributed by atoms with Gasteiger partial charge in [0.05, 0.1) is 4.90 Å². The lowest BCUT2D eigenvalue weighted by Crippen LogP contribution is -2.29. The van der Waals surface area contributed by atoms with Crippen molar-refractivity contribution in [2.24, 2.45) is 0 Å². The maximum absolute atomic E-state index is 11.7. The van der Waals surface area contributed by atoms with Crippen LogP contribution in [0, 0.1) is 0 Å². The summed E-state index contributed by atoms with van der Waals surface area (Å²) in [5.41, 5.74) is 0. The third-order valence-corrected chi connectivity index (χ3v) is 6.50. The van der Waals surface area contributed by atoms with Gasteiger partial charge in [-0.15, -0.1) is 0 Å². The van der Waals surface area contributed by atoms with Crippen molar-refractivity contribution in [2.45, 2.75) is 4.90 Å². The SMILES string of the molecule is CN(C)S(=O)(=O)CS(=O)(=O)c1ccccc1. The van der Waals surface area contributed by atoms with Crippen LogP contribution >= 0.6 is 0 Å². The number of hydrogen-bond donors (Lipinski definition) is 0. The fourth-order valence-corrected chi connectivity index (χ4v) is 4.53. The minimum atomic E-state index is -3.79. The lowest BCUT2D eigenvalue weighted by atomic mass is 10.4. The van der Waals surface area contributed by atoms with Gasteiger partial charge in [0, 0.05) is 14.1 Å². The van der Waals surface area contributed by atoms with Gasteiger partial charge in [-0.25, -0.2) is 21.1 Å². The lowest BCUT2D eigenvalue weighted by Gasteiger charge is -2.11. The van der Waals surface area contributed by atoms with Crippen molar-refractivity contribution in [2.75, 3.05) is 19.2 Å².